The van der Waals surface area contributed by atoms with Gasteiger partial charge in [-0.15, -0.1) is 23.1 Å². The summed E-state index contributed by atoms with van der Waals surface area (Å²) in [6, 6.07) is 4.91. The van der Waals surface area contributed by atoms with E-state index in [2.05, 4.69) is 36.7 Å². The van der Waals surface area contributed by atoms with Crippen LogP contribution in [0.25, 0.3) is 0 Å². The Morgan fingerprint density at radius 3 is 3.00 bits per heavy atom. The van der Waals surface area contributed by atoms with E-state index in [-0.39, 0.29) is 0 Å². The van der Waals surface area contributed by atoms with Crippen molar-refractivity contribution in [2.24, 2.45) is 0 Å². The van der Waals surface area contributed by atoms with Crippen molar-refractivity contribution in [1.29, 1.82) is 0 Å². The Balaban J connectivity index is 1.96. The third-order valence-electron chi connectivity index (χ3n) is 1.61. The molecule has 0 amide bonds. The topological polar surface area (TPSA) is 12.0 Å². The molecule has 1 rings (SSSR count). The van der Waals surface area contributed by atoms with E-state index in [1.807, 2.05) is 23.1 Å². The van der Waals surface area contributed by atoms with Gasteiger partial charge in [0.05, 0.1) is 4.21 Å². The molecule has 0 aliphatic carbocycles. The van der Waals surface area contributed by atoms with Gasteiger partial charge in [0.15, 0.2) is 0 Å². The van der Waals surface area contributed by atoms with Crippen molar-refractivity contribution in [1.82, 2.24) is 5.32 Å². The van der Waals surface area contributed by atoms with Crippen LogP contribution in [0.4, 0.5) is 0 Å². The first-order valence-corrected chi connectivity index (χ1v) is 6.55. The highest BCUT2D eigenvalue weighted by Gasteiger charge is 1.95. The van der Waals surface area contributed by atoms with Crippen molar-refractivity contribution in [3.05, 3.63) is 17.5 Å². The average Bonchev–Trinajstić information content (AvgIpc) is 2.55. The van der Waals surface area contributed by atoms with Crippen molar-refractivity contribution in [3.8, 4) is 0 Å². The molecule has 0 atom stereocenters. The Labute approximate surface area is 88.9 Å². The van der Waals surface area contributed by atoms with E-state index in [4.69, 9.17) is 0 Å². The molecule has 1 nitrogen and oxygen atoms in total. The zero-order chi connectivity index (χ0) is 9.52. The molecule has 0 aromatic carbocycles. The maximum atomic E-state index is 3.42. The van der Waals surface area contributed by atoms with Gasteiger partial charge in [-0.3, -0.25) is 0 Å². The Kier molecular flexibility index (Phi) is 5.51. The van der Waals surface area contributed by atoms with Gasteiger partial charge in [0.25, 0.3) is 0 Å². The lowest BCUT2D eigenvalue weighted by Gasteiger charge is -2.06. The molecule has 0 unspecified atom stereocenters. The fourth-order valence-corrected chi connectivity index (χ4v) is 2.78. The van der Waals surface area contributed by atoms with Crippen molar-refractivity contribution in [2.75, 3.05) is 12.3 Å². The maximum absolute atomic E-state index is 3.42. The van der Waals surface area contributed by atoms with Gasteiger partial charge in [-0.1, -0.05) is 19.9 Å². The fourth-order valence-electron chi connectivity index (χ4n) is 0.981. The lowest BCUT2D eigenvalue weighted by atomic mass is 10.4. The second-order valence-electron chi connectivity index (χ2n) is 3.24. The van der Waals surface area contributed by atoms with Crippen LogP contribution in [-0.2, 0) is 0 Å². The molecule has 1 aromatic heterocycles. The summed E-state index contributed by atoms with van der Waals surface area (Å²) in [5, 5.41) is 5.55. The normalized spacial score (nSPS) is 11.0. The Morgan fingerprint density at radius 2 is 2.38 bits per heavy atom. The first-order valence-electron chi connectivity index (χ1n) is 4.68. The lowest BCUT2D eigenvalue weighted by Crippen LogP contribution is -2.23. The summed E-state index contributed by atoms with van der Waals surface area (Å²) in [6.07, 6.45) is 1.25. The monoisotopic (exact) mass is 215 g/mol. The van der Waals surface area contributed by atoms with Crippen LogP contribution in [0.2, 0.25) is 0 Å². The third-order valence-corrected chi connectivity index (χ3v) is 3.83. The van der Waals surface area contributed by atoms with Gasteiger partial charge in [0.1, 0.15) is 0 Å². The molecule has 74 valence electrons. The Bertz CT molecular complexity index is 207. The SMILES string of the molecule is CC(C)NCCCSc1cccs1. The second kappa shape index (κ2) is 6.46. The maximum Gasteiger partial charge on any atom is 0.0598 e. The van der Waals surface area contributed by atoms with Crippen molar-refractivity contribution >= 4 is 23.1 Å². The van der Waals surface area contributed by atoms with Crippen LogP contribution in [0.15, 0.2) is 21.7 Å². The summed E-state index contributed by atoms with van der Waals surface area (Å²) >= 11 is 3.79. The standard InChI is InChI=1S/C10H17NS2/c1-9(2)11-6-4-8-13-10-5-3-7-12-10/h3,5,7,9,11H,4,6,8H2,1-2H3. The van der Waals surface area contributed by atoms with Crippen LogP contribution in [0.3, 0.4) is 0 Å². The van der Waals surface area contributed by atoms with Crippen LogP contribution in [0.5, 0.6) is 0 Å². The van der Waals surface area contributed by atoms with Crippen LogP contribution >= 0.6 is 23.1 Å². The third kappa shape index (κ3) is 5.34. The average molecular weight is 215 g/mol. The van der Waals surface area contributed by atoms with Crippen LogP contribution < -0.4 is 5.32 Å². The molecule has 0 saturated carbocycles. The van der Waals surface area contributed by atoms with Crippen LogP contribution in [-0.4, -0.2) is 18.3 Å². The molecular formula is C10H17NS2. The molecule has 0 fully saturated rings. The molecule has 1 aromatic rings. The van der Waals surface area contributed by atoms with Gasteiger partial charge >= 0.3 is 0 Å². The molecule has 0 radical (unpaired) electrons. The summed E-state index contributed by atoms with van der Waals surface area (Å²) < 4.78 is 1.43. The zero-order valence-corrected chi connectivity index (χ0v) is 9.88. The number of hydrogen-bond donors (Lipinski definition) is 1. The van der Waals surface area contributed by atoms with E-state index < -0.39 is 0 Å². The van der Waals surface area contributed by atoms with E-state index in [0.29, 0.717) is 6.04 Å². The summed E-state index contributed by atoms with van der Waals surface area (Å²) in [5.74, 6) is 1.22. The molecule has 3 heteroatoms. The van der Waals surface area contributed by atoms with E-state index in [1.54, 1.807) is 0 Å². The molecule has 0 aliphatic rings. The first-order chi connectivity index (χ1) is 6.29. The molecular weight excluding hydrogens is 198 g/mol. The summed E-state index contributed by atoms with van der Waals surface area (Å²) in [4.78, 5) is 0. The Hall–Kier alpha value is 0.01000. The molecule has 0 bridgehead atoms. The van der Waals surface area contributed by atoms with E-state index in [1.165, 1.54) is 16.4 Å². The number of rotatable bonds is 6. The number of nitrogens with one attached hydrogen (secondary N) is 1. The smallest absolute Gasteiger partial charge is 0.0598 e. The summed E-state index contributed by atoms with van der Waals surface area (Å²) in [6.45, 7) is 5.51. The van der Waals surface area contributed by atoms with Crippen molar-refractivity contribution in [2.45, 2.75) is 30.5 Å². The predicted molar refractivity (Wildman–Crippen MR) is 62.8 cm³/mol. The quantitative estimate of drug-likeness (QED) is 0.577. The van der Waals surface area contributed by atoms with E-state index >= 15 is 0 Å². The van der Waals surface area contributed by atoms with Crippen LogP contribution in [0.1, 0.15) is 20.3 Å². The van der Waals surface area contributed by atoms with Gasteiger partial charge in [0, 0.05) is 6.04 Å². The highest BCUT2D eigenvalue weighted by molar-refractivity contribution is 8.01. The molecule has 1 heterocycles. The van der Waals surface area contributed by atoms with E-state index in [0.717, 1.165) is 6.54 Å². The van der Waals surface area contributed by atoms with Gasteiger partial charge in [-0.25, -0.2) is 0 Å². The van der Waals surface area contributed by atoms with Gasteiger partial charge in [-0.2, -0.15) is 0 Å². The van der Waals surface area contributed by atoms with Gasteiger partial charge in [0.2, 0.25) is 0 Å². The molecule has 1 N–H and O–H groups in total. The van der Waals surface area contributed by atoms with Crippen molar-refractivity contribution in [3.63, 3.8) is 0 Å². The molecule has 0 spiro atoms. The largest absolute Gasteiger partial charge is 0.315 e. The fraction of sp³-hybridized carbons (Fsp3) is 0.600. The summed E-state index contributed by atoms with van der Waals surface area (Å²) in [7, 11) is 0. The minimum Gasteiger partial charge on any atom is -0.315 e. The second-order valence-corrected chi connectivity index (χ2v) is 5.59. The first kappa shape index (κ1) is 11.1. The summed E-state index contributed by atoms with van der Waals surface area (Å²) in [5.41, 5.74) is 0. The predicted octanol–water partition coefficient (Wildman–Crippen LogP) is 3.23. The lowest BCUT2D eigenvalue weighted by molar-refractivity contribution is 0.586. The highest BCUT2D eigenvalue weighted by atomic mass is 32.2. The number of thioether (sulfide) groups is 1. The highest BCUT2D eigenvalue weighted by Crippen LogP contribution is 2.23. The number of thiophene rings is 1. The molecule has 13 heavy (non-hydrogen) atoms. The van der Waals surface area contributed by atoms with Crippen molar-refractivity contribution < 1.29 is 0 Å². The number of hydrogen-bond acceptors (Lipinski definition) is 3. The van der Waals surface area contributed by atoms with Gasteiger partial charge < -0.3 is 5.32 Å². The zero-order valence-electron chi connectivity index (χ0n) is 8.25. The minimum absolute atomic E-state index is 0.617. The molecule has 0 saturated heterocycles. The molecule has 0 aliphatic heterocycles. The van der Waals surface area contributed by atoms with E-state index in [9.17, 15) is 0 Å². The minimum atomic E-state index is 0.617. The van der Waals surface area contributed by atoms with Gasteiger partial charge in [-0.05, 0) is 30.2 Å². The Morgan fingerprint density at radius 1 is 1.54 bits per heavy atom. The van der Waals surface area contributed by atoms with Crippen LogP contribution in [0, 0.1) is 0 Å².